The molecule has 1 unspecified atom stereocenters. The minimum Gasteiger partial charge on any atom is -0.354 e. The molecule has 0 saturated carbocycles. The summed E-state index contributed by atoms with van der Waals surface area (Å²) < 4.78 is 50.6. The fraction of sp³-hybridized carbons (Fsp3) is 0.429. The largest absolute Gasteiger partial charge is 0.354 e. The molecule has 0 radical (unpaired) electrons. The van der Waals surface area contributed by atoms with E-state index in [1.165, 1.54) is 24.3 Å². The number of pyridine rings is 1. The Bertz CT molecular complexity index is 1210. The number of aromatic nitrogens is 1. The van der Waals surface area contributed by atoms with Crippen molar-refractivity contribution in [1.29, 1.82) is 0 Å². The number of anilines is 2. The van der Waals surface area contributed by atoms with Crippen LogP contribution < -0.4 is 14.9 Å². The highest BCUT2D eigenvalue weighted by molar-refractivity contribution is 7.92. The summed E-state index contributed by atoms with van der Waals surface area (Å²) in [5, 5.41) is 2.76. The fourth-order valence-corrected chi connectivity index (χ4v) is 6.90. The fourth-order valence-electron chi connectivity index (χ4n) is 3.85. The zero-order chi connectivity index (χ0) is 23.6. The molecule has 2 aliphatic heterocycles. The topological polar surface area (TPSA) is 129 Å². The lowest BCUT2D eigenvalue weighted by Gasteiger charge is -2.33. The van der Waals surface area contributed by atoms with Crippen LogP contribution in [-0.2, 0) is 19.9 Å². The molecule has 2 aromatic rings. The van der Waals surface area contributed by atoms with Crippen molar-refractivity contribution in [3.8, 4) is 0 Å². The maximum atomic E-state index is 12.6. The number of carbonyl (C=O) groups is 1. The Morgan fingerprint density at radius 2 is 1.76 bits per heavy atom. The maximum Gasteiger partial charge on any atom is 0.255 e. The normalized spacial score (nSPS) is 21.1. The van der Waals surface area contributed by atoms with Crippen LogP contribution in [0.3, 0.4) is 0 Å². The lowest BCUT2D eigenvalue weighted by atomic mass is 10.2. The van der Waals surface area contributed by atoms with Gasteiger partial charge < -0.3 is 15.1 Å². The molecule has 4 rings (SSSR count). The summed E-state index contributed by atoms with van der Waals surface area (Å²) >= 11 is 0. The van der Waals surface area contributed by atoms with Gasteiger partial charge in [-0.25, -0.2) is 26.5 Å². The Morgan fingerprint density at radius 3 is 2.33 bits per heavy atom. The van der Waals surface area contributed by atoms with Crippen molar-refractivity contribution >= 4 is 37.3 Å². The number of hydrogen-bond acceptors (Lipinski definition) is 8. The van der Waals surface area contributed by atoms with E-state index in [0.29, 0.717) is 11.3 Å². The second-order valence-electron chi connectivity index (χ2n) is 8.40. The van der Waals surface area contributed by atoms with E-state index in [1.54, 1.807) is 12.3 Å². The van der Waals surface area contributed by atoms with Gasteiger partial charge in [-0.05, 0) is 49.9 Å². The number of carbonyl (C=O) groups excluding carboxylic acids is 1. The van der Waals surface area contributed by atoms with Gasteiger partial charge in [-0.1, -0.05) is 0 Å². The van der Waals surface area contributed by atoms with Gasteiger partial charge in [0.2, 0.25) is 10.0 Å². The summed E-state index contributed by atoms with van der Waals surface area (Å²) in [4.78, 5) is 21.4. The zero-order valence-corrected chi connectivity index (χ0v) is 19.9. The van der Waals surface area contributed by atoms with Gasteiger partial charge in [-0.15, -0.1) is 0 Å². The second-order valence-corrected chi connectivity index (χ2v) is 12.3. The lowest BCUT2D eigenvalue weighted by Crippen LogP contribution is -2.44. The van der Waals surface area contributed by atoms with Crippen LogP contribution >= 0.6 is 0 Å². The van der Waals surface area contributed by atoms with Crippen LogP contribution in [0.2, 0.25) is 0 Å². The van der Waals surface area contributed by atoms with E-state index in [-0.39, 0.29) is 28.7 Å². The average Bonchev–Trinajstić information content (AvgIpc) is 3.12. The van der Waals surface area contributed by atoms with E-state index in [4.69, 9.17) is 0 Å². The molecule has 1 amide bonds. The Kier molecular flexibility index (Phi) is 6.71. The molecule has 3 heterocycles. The molecule has 2 N–H and O–H groups in total. The minimum absolute atomic E-state index is 0.0233. The molecule has 2 fully saturated rings. The standard InChI is InChI=1S/C21H27N5O5S2/c1-25-9-11-26(12-10-25)20-7-4-17(14-22-20)23-21(27)16-2-5-19(6-3-16)33(30,31)24-18-8-13-32(28,29)15-18/h2-7,14,18,24H,8-13,15H2,1H3,(H,23,27). The van der Waals surface area contributed by atoms with Gasteiger partial charge in [-0.2, -0.15) is 0 Å². The number of nitrogens with one attached hydrogen (secondary N) is 2. The number of hydrogen-bond donors (Lipinski definition) is 2. The molecule has 1 aromatic carbocycles. The van der Waals surface area contributed by atoms with E-state index in [9.17, 15) is 21.6 Å². The number of amides is 1. The third kappa shape index (κ3) is 5.88. The third-order valence-corrected chi connectivity index (χ3v) is 9.12. The molecule has 10 nitrogen and oxygen atoms in total. The number of rotatable bonds is 6. The van der Waals surface area contributed by atoms with Crippen molar-refractivity contribution in [2.24, 2.45) is 0 Å². The predicted octanol–water partition coefficient (Wildman–Crippen LogP) is 0.551. The average molecular weight is 494 g/mol. The van der Waals surface area contributed by atoms with E-state index in [0.717, 1.165) is 32.0 Å². The quantitative estimate of drug-likeness (QED) is 0.597. The van der Waals surface area contributed by atoms with Crippen LogP contribution in [0.5, 0.6) is 0 Å². The summed E-state index contributed by atoms with van der Waals surface area (Å²) in [6.07, 6.45) is 1.85. The summed E-state index contributed by atoms with van der Waals surface area (Å²) in [5.74, 6) is 0.250. The monoisotopic (exact) mass is 493 g/mol. The summed E-state index contributed by atoms with van der Waals surface area (Å²) in [7, 11) is -4.99. The van der Waals surface area contributed by atoms with Crippen LogP contribution in [-0.4, -0.2) is 83.4 Å². The number of sulfone groups is 1. The van der Waals surface area contributed by atoms with Crippen LogP contribution in [0.15, 0.2) is 47.5 Å². The molecule has 33 heavy (non-hydrogen) atoms. The molecule has 0 bridgehead atoms. The highest BCUT2D eigenvalue weighted by Gasteiger charge is 2.31. The van der Waals surface area contributed by atoms with Gasteiger partial charge >= 0.3 is 0 Å². The minimum atomic E-state index is -3.88. The molecule has 2 saturated heterocycles. The van der Waals surface area contributed by atoms with Crippen LogP contribution in [0, 0.1) is 0 Å². The van der Waals surface area contributed by atoms with E-state index >= 15 is 0 Å². The van der Waals surface area contributed by atoms with Gasteiger partial charge in [0.05, 0.1) is 28.3 Å². The number of benzene rings is 1. The molecule has 1 atom stereocenters. The Hall–Kier alpha value is -2.54. The van der Waals surface area contributed by atoms with E-state index in [2.05, 4.69) is 31.9 Å². The highest BCUT2D eigenvalue weighted by Crippen LogP contribution is 2.19. The zero-order valence-electron chi connectivity index (χ0n) is 18.3. The number of piperazine rings is 1. The van der Waals surface area contributed by atoms with Gasteiger partial charge in [0.15, 0.2) is 9.84 Å². The number of nitrogens with zero attached hydrogens (tertiary/aromatic N) is 3. The molecule has 2 aliphatic rings. The number of sulfonamides is 1. The van der Waals surface area contributed by atoms with Crippen LogP contribution in [0.1, 0.15) is 16.8 Å². The van der Waals surface area contributed by atoms with Gasteiger partial charge in [0, 0.05) is 37.8 Å². The second kappa shape index (κ2) is 9.37. The molecule has 178 valence electrons. The van der Waals surface area contributed by atoms with Crippen molar-refractivity contribution in [3.63, 3.8) is 0 Å². The molecular weight excluding hydrogens is 466 g/mol. The van der Waals surface area contributed by atoms with E-state index < -0.39 is 25.9 Å². The molecule has 0 aliphatic carbocycles. The van der Waals surface area contributed by atoms with Crippen LogP contribution in [0.25, 0.3) is 0 Å². The first-order valence-corrected chi connectivity index (χ1v) is 14.0. The SMILES string of the molecule is CN1CCN(c2ccc(NC(=O)c3ccc(S(=O)(=O)NC4CCS(=O)(=O)C4)cc3)cn2)CC1. The lowest BCUT2D eigenvalue weighted by molar-refractivity contribution is 0.102. The highest BCUT2D eigenvalue weighted by atomic mass is 32.2. The molecule has 0 spiro atoms. The van der Waals surface area contributed by atoms with Crippen molar-refractivity contribution in [2.75, 3.05) is 54.9 Å². The first kappa shape index (κ1) is 23.6. The maximum absolute atomic E-state index is 12.6. The Morgan fingerprint density at radius 1 is 1.06 bits per heavy atom. The Balaban J connectivity index is 1.36. The van der Waals surface area contributed by atoms with Crippen molar-refractivity contribution in [1.82, 2.24) is 14.6 Å². The van der Waals surface area contributed by atoms with Gasteiger partial charge in [0.25, 0.3) is 5.91 Å². The van der Waals surface area contributed by atoms with Gasteiger partial charge in [0.1, 0.15) is 5.82 Å². The predicted molar refractivity (Wildman–Crippen MR) is 126 cm³/mol. The van der Waals surface area contributed by atoms with Crippen molar-refractivity contribution in [2.45, 2.75) is 17.4 Å². The summed E-state index contributed by atoms with van der Waals surface area (Å²) in [6.45, 7) is 3.74. The molecule has 1 aromatic heterocycles. The van der Waals surface area contributed by atoms with E-state index in [1.807, 2.05) is 6.07 Å². The number of likely N-dealkylation sites (N-methyl/N-ethyl adjacent to an activating group) is 1. The third-order valence-electron chi connectivity index (χ3n) is 5.81. The summed E-state index contributed by atoms with van der Waals surface area (Å²) in [6, 6.07) is 8.51. The molecular formula is C21H27N5O5S2. The van der Waals surface area contributed by atoms with Gasteiger partial charge in [-0.3, -0.25) is 4.79 Å². The van der Waals surface area contributed by atoms with Crippen LogP contribution in [0.4, 0.5) is 11.5 Å². The molecule has 12 heteroatoms. The van der Waals surface area contributed by atoms with Crippen molar-refractivity contribution < 1.29 is 21.6 Å². The van der Waals surface area contributed by atoms with Crippen molar-refractivity contribution in [3.05, 3.63) is 48.2 Å². The first-order valence-electron chi connectivity index (χ1n) is 10.6. The smallest absolute Gasteiger partial charge is 0.255 e. The summed E-state index contributed by atoms with van der Waals surface area (Å²) in [5.41, 5.74) is 0.833. The first-order chi connectivity index (χ1) is 15.6. The Labute approximate surface area is 194 Å².